The van der Waals surface area contributed by atoms with Crippen molar-refractivity contribution < 1.29 is 9.53 Å². The Bertz CT molecular complexity index is 170. The standard InChI is InChI=1S/C9H17NO2/c1-6-4-8(9(11)12-3)7(2)10-5-6/h6-8,10H,4-5H2,1-3H3. The SMILES string of the molecule is COC(=O)C1CC(C)CNC1C. The second-order valence-electron chi connectivity index (χ2n) is 3.67. The number of piperidine rings is 1. The van der Waals surface area contributed by atoms with Gasteiger partial charge in [-0.25, -0.2) is 0 Å². The summed E-state index contributed by atoms with van der Waals surface area (Å²) in [6.45, 7) is 5.19. The summed E-state index contributed by atoms with van der Waals surface area (Å²) in [6, 6.07) is 0.258. The fraction of sp³-hybridized carbons (Fsp3) is 0.889. The van der Waals surface area contributed by atoms with Crippen molar-refractivity contribution in [3.63, 3.8) is 0 Å². The molecule has 0 aromatic heterocycles. The number of carbonyl (C=O) groups excluding carboxylic acids is 1. The first kappa shape index (κ1) is 9.52. The predicted molar refractivity (Wildman–Crippen MR) is 46.8 cm³/mol. The van der Waals surface area contributed by atoms with Gasteiger partial charge in [0.25, 0.3) is 0 Å². The molecule has 1 aliphatic rings. The Morgan fingerprint density at radius 3 is 2.75 bits per heavy atom. The zero-order valence-electron chi connectivity index (χ0n) is 7.96. The van der Waals surface area contributed by atoms with E-state index in [-0.39, 0.29) is 17.9 Å². The van der Waals surface area contributed by atoms with Crippen molar-refractivity contribution >= 4 is 5.97 Å². The van der Waals surface area contributed by atoms with Gasteiger partial charge in [-0.1, -0.05) is 6.92 Å². The van der Waals surface area contributed by atoms with Crippen molar-refractivity contribution in [2.75, 3.05) is 13.7 Å². The van der Waals surface area contributed by atoms with Crippen molar-refractivity contribution in [2.24, 2.45) is 11.8 Å². The number of carbonyl (C=O) groups is 1. The van der Waals surface area contributed by atoms with Gasteiger partial charge in [0.05, 0.1) is 13.0 Å². The number of esters is 1. The maximum Gasteiger partial charge on any atom is 0.310 e. The van der Waals surface area contributed by atoms with Crippen LogP contribution in [0.3, 0.4) is 0 Å². The minimum atomic E-state index is -0.0819. The van der Waals surface area contributed by atoms with Crippen LogP contribution in [0.4, 0.5) is 0 Å². The van der Waals surface area contributed by atoms with Crippen molar-refractivity contribution in [1.29, 1.82) is 0 Å². The molecular formula is C9H17NO2. The Hall–Kier alpha value is -0.570. The van der Waals surface area contributed by atoms with E-state index in [2.05, 4.69) is 12.2 Å². The first-order chi connectivity index (χ1) is 5.65. The molecule has 3 heteroatoms. The molecule has 0 aromatic carbocycles. The molecule has 1 saturated heterocycles. The van der Waals surface area contributed by atoms with Crippen LogP contribution in [0.2, 0.25) is 0 Å². The molecule has 1 heterocycles. The van der Waals surface area contributed by atoms with Crippen molar-refractivity contribution in [3.8, 4) is 0 Å². The summed E-state index contributed by atoms with van der Waals surface area (Å²) >= 11 is 0. The van der Waals surface area contributed by atoms with E-state index >= 15 is 0 Å². The van der Waals surface area contributed by atoms with E-state index in [1.165, 1.54) is 7.11 Å². The van der Waals surface area contributed by atoms with E-state index in [9.17, 15) is 4.79 Å². The zero-order valence-corrected chi connectivity index (χ0v) is 7.96. The summed E-state index contributed by atoms with van der Waals surface area (Å²) < 4.78 is 4.73. The van der Waals surface area contributed by atoms with Gasteiger partial charge in [-0.15, -0.1) is 0 Å². The second-order valence-corrected chi connectivity index (χ2v) is 3.67. The molecule has 3 unspecified atom stereocenters. The Morgan fingerprint density at radius 1 is 1.50 bits per heavy atom. The summed E-state index contributed by atoms with van der Waals surface area (Å²) in [4.78, 5) is 11.3. The summed E-state index contributed by atoms with van der Waals surface area (Å²) in [7, 11) is 1.45. The van der Waals surface area contributed by atoms with Crippen molar-refractivity contribution in [3.05, 3.63) is 0 Å². The van der Waals surface area contributed by atoms with Crippen LogP contribution in [-0.4, -0.2) is 25.7 Å². The average molecular weight is 171 g/mol. The molecule has 12 heavy (non-hydrogen) atoms. The number of rotatable bonds is 1. The quantitative estimate of drug-likeness (QED) is 0.593. The maximum atomic E-state index is 11.3. The van der Waals surface area contributed by atoms with Crippen LogP contribution in [0.15, 0.2) is 0 Å². The number of nitrogens with one attached hydrogen (secondary N) is 1. The largest absolute Gasteiger partial charge is 0.469 e. The van der Waals surface area contributed by atoms with Gasteiger partial charge in [0.1, 0.15) is 0 Å². The Morgan fingerprint density at radius 2 is 2.17 bits per heavy atom. The summed E-state index contributed by atoms with van der Waals surface area (Å²) in [5.74, 6) is 0.533. The van der Waals surface area contributed by atoms with Crippen LogP contribution in [0.5, 0.6) is 0 Å². The van der Waals surface area contributed by atoms with E-state index in [4.69, 9.17) is 4.74 Å². The third-order valence-electron chi connectivity index (χ3n) is 2.55. The highest BCUT2D eigenvalue weighted by Gasteiger charge is 2.31. The molecule has 1 N–H and O–H groups in total. The Kier molecular flexibility index (Phi) is 3.09. The second kappa shape index (κ2) is 3.90. The molecule has 3 atom stereocenters. The van der Waals surface area contributed by atoms with Crippen LogP contribution in [0, 0.1) is 11.8 Å². The molecule has 70 valence electrons. The van der Waals surface area contributed by atoms with Gasteiger partial charge in [0.15, 0.2) is 0 Å². The van der Waals surface area contributed by atoms with Crippen LogP contribution in [-0.2, 0) is 9.53 Å². The molecule has 0 spiro atoms. The summed E-state index contributed by atoms with van der Waals surface area (Å²) in [6.07, 6.45) is 0.945. The maximum absolute atomic E-state index is 11.3. The molecule has 0 aliphatic carbocycles. The first-order valence-corrected chi connectivity index (χ1v) is 4.46. The molecule has 1 rings (SSSR count). The highest BCUT2D eigenvalue weighted by molar-refractivity contribution is 5.73. The molecule has 0 radical (unpaired) electrons. The van der Waals surface area contributed by atoms with Gasteiger partial charge < -0.3 is 10.1 Å². The van der Waals surface area contributed by atoms with Crippen LogP contribution in [0.1, 0.15) is 20.3 Å². The Labute approximate surface area is 73.5 Å². The van der Waals surface area contributed by atoms with Gasteiger partial charge in [0.2, 0.25) is 0 Å². The molecule has 3 nitrogen and oxygen atoms in total. The van der Waals surface area contributed by atoms with Gasteiger partial charge in [-0.2, -0.15) is 0 Å². The minimum Gasteiger partial charge on any atom is -0.469 e. The number of ether oxygens (including phenoxy) is 1. The number of hydrogen-bond donors (Lipinski definition) is 1. The van der Waals surface area contributed by atoms with Gasteiger partial charge >= 0.3 is 5.97 Å². The Balaban J connectivity index is 2.54. The lowest BCUT2D eigenvalue weighted by Gasteiger charge is -2.31. The summed E-state index contributed by atoms with van der Waals surface area (Å²) in [5, 5.41) is 3.30. The third-order valence-corrected chi connectivity index (χ3v) is 2.55. The van der Waals surface area contributed by atoms with E-state index in [0.717, 1.165) is 13.0 Å². The van der Waals surface area contributed by atoms with E-state index in [0.29, 0.717) is 5.92 Å². The van der Waals surface area contributed by atoms with Gasteiger partial charge in [-0.05, 0) is 25.8 Å². The molecule has 0 amide bonds. The first-order valence-electron chi connectivity index (χ1n) is 4.46. The van der Waals surface area contributed by atoms with Crippen molar-refractivity contribution in [2.45, 2.75) is 26.3 Å². The van der Waals surface area contributed by atoms with Gasteiger partial charge in [-0.3, -0.25) is 4.79 Å². The molecule has 0 aromatic rings. The van der Waals surface area contributed by atoms with Gasteiger partial charge in [0, 0.05) is 6.04 Å². The lowest BCUT2D eigenvalue weighted by atomic mass is 9.86. The van der Waals surface area contributed by atoms with E-state index in [1.807, 2.05) is 6.92 Å². The highest BCUT2D eigenvalue weighted by Crippen LogP contribution is 2.21. The molecular weight excluding hydrogens is 154 g/mol. The fourth-order valence-electron chi connectivity index (χ4n) is 1.70. The molecule has 0 saturated carbocycles. The lowest BCUT2D eigenvalue weighted by molar-refractivity contribution is -0.147. The predicted octanol–water partition coefficient (Wildman–Crippen LogP) is 0.793. The van der Waals surface area contributed by atoms with Crippen LogP contribution in [0.25, 0.3) is 0 Å². The smallest absolute Gasteiger partial charge is 0.310 e. The average Bonchev–Trinajstić information content (AvgIpc) is 2.08. The topological polar surface area (TPSA) is 38.3 Å². The minimum absolute atomic E-state index is 0.0405. The third kappa shape index (κ3) is 1.97. The fourth-order valence-corrected chi connectivity index (χ4v) is 1.70. The van der Waals surface area contributed by atoms with E-state index < -0.39 is 0 Å². The van der Waals surface area contributed by atoms with Crippen LogP contribution < -0.4 is 5.32 Å². The zero-order chi connectivity index (χ0) is 9.14. The van der Waals surface area contributed by atoms with Crippen molar-refractivity contribution in [1.82, 2.24) is 5.32 Å². The lowest BCUT2D eigenvalue weighted by Crippen LogP contribution is -2.46. The number of methoxy groups -OCH3 is 1. The molecule has 0 bridgehead atoms. The summed E-state index contributed by atoms with van der Waals surface area (Å²) in [5.41, 5.74) is 0. The highest BCUT2D eigenvalue weighted by atomic mass is 16.5. The molecule has 1 aliphatic heterocycles. The normalized spacial score (nSPS) is 36.1. The van der Waals surface area contributed by atoms with E-state index in [1.54, 1.807) is 0 Å². The monoisotopic (exact) mass is 171 g/mol. The molecule has 1 fully saturated rings. The van der Waals surface area contributed by atoms with Crippen LogP contribution >= 0.6 is 0 Å². The number of hydrogen-bond acceptors (Lipinski definition) is 3.